The van der Waals surface area contributed by atoms with Crippen LogP contribution < -0.4 is 5.46 Å². The molecule has 0 aromatic heterocycles. The molecule has 23 heavy (non-hydrogen) atoms. The second-order valence-corrected chi connectivity index (χ2v) is 7.05. The summed E-state index contributed by atoms with van der Waals surface area (Å²) in [6.07, 6.45) is 3.81. The minimum Gasteiger partial charge on any atom is -0.399 e. The van der Waals surface area contributed by atoms with Gasteiger partial charge in [-0.1, -0.05) is 30.4 Å². The van der Waals surface area contributed by atoms with Gasteiger partial charge in [0, 0.05) is 18.6 Å². The van der Waals surface area contributed by atoms with Gasteiger partial charge in [0.1, 0.15) is 0 Å². The largest absolute Gasteiger partial charge is 0.494 e. The average Bonchev–Trinajstić information content (AvgIpc) is 2.72. The van der Waals surface area contributed by atoms with Gasteiger partial charge in [-0.15, -0.1) is 0 Å². The van der Waals surface area contributed by atoms with Crippen LogP contribution >= 0.6 is 0 Å². The van der Waals surface area contributed by atoms with Gasteiger partial charge in [0.05, 0.1) is 11.2 Å². The first-order valence-electron chi connectivity index (χ1n) is 8.41. The number of unbranched alkanes of at least 4 members (excludes halogenated alkanes) is 3. The maximum atomic E-state index is 8.72. The van der Waals surface area contributed by atoms with Crippen LogP contribution in [-0.4, -0.2) is 30.0 Å². The van der Waals surface area contributed by atoms with Crippen LogP contribution in [0.25, 0.3) is 0 Å². The Hall–Kier alpha value is -1.28. The molecule has 0 bridgehead atoms. The molecule has 0 radical (unpaired) electrons. The van der Waals surface area contributed by atoms with Gasteiger partial charge in [0.15, 0.2) is 0 Å². The van der Waals surface area contributed by atoms with Crippen LogP contribution in [0.1, 0.15) is 58.9 Å². The highest BCUT2D eigenvalue weighted by Gasteiger charge is 2.51. The highest BCUT2D eigenvalue weighted by molar-refractivity contribution is 6.62. The number of rotatable bonds is 5. The van der Waals surface area contributed by atoms with E-state index >= 15 is 0 Å². The molecule has 1 fully saturated rings. The van der Waals surface area contributed by atoms with Crippen molar-refractivity contribution >= 4 is 12.6 Å². The van der Waals surface area contributed by atoms with E-state index in [2.05, 4.69) is 39.5 Å². The SMILES string of the molecule is CC1(C)OB(c2ccc(C#CCCCCCO)cc2)OC1(C)C. The third kappa shape index (κ3) is 4.60. The molecule has 0 atom stereocenters. The van der Waals surface area contributed by atoms with E-state index in [1.807, 2.05) is 24.3 Å². The Labute approximate surface area is 140 Å². The topological polar surface area (TPSA) is 38.7 Å². The van der Waals surface area contributed by atoms with E-state index in [0.29, 0.717) is 0 Å². The molecule has 4 heteroatoms. The zero-order chi connectivity index (χ0) is 16.9. The van der Waals surface area contributed by atoms with Crippen LogP contribution in [0.5, 0.6) is 0 Å². The van der Waals surface area contributed by atoms with Crippen molar-refractivity contribution in [1.29, 1.82) is 0 Å². The third-order valence-electron chi connectivity index (χ3n) is 4.63. The Balaban J connectivity index is 1.92. The minimum absolute atomic E-state index is 0.272. The van der Waals surface area contributed by atoms with Gasteiger partial charge in [-0.2, -0.15) is 0 Å². The van der Waals surface area contributed by atoms with Crippen LogP contribution in [0.4, 0.5) is 0 Å². The van der Waals surface area contributed by atoms with Crippen molar-refractivity contribution in [3.63, 3.8) is 0 Å². The number of hydrogen-bond donors (Lipinski definition) is 1. The van der Waals surface area contributed by atoms with Gasteiger partial charge in [-0.05, 0) is 58.1 Å². The molecule has 124 valence electrons. The normalized spacial score (nSPS) is 18.6. The highest BCUT2D eigenvalue weighted by Crippen LogP contribution is 2.36. The molecule has 3 nitrogen and oxygen atoms in total. The summed E-state index contributed by atoms with van der Waals surface area (Å²) < 4.78 is 12.1. The molecule has 0 saturated carbocycles. The predicted molar refractivity (Wildman–Crippen MR) is 94.6 cm³/mol. The second-order valence-electron chi connectivity index (χ2n) is 7.05. The lowest BCUT2D eigenvalue weighted by molar-refractivity contribution is 0.00578. The molecule has 1 aliphatic rings. The average molecular weight is 314 g/mol. The fraction of sp³-hybridized carbons (Fsp3) is 0.579. The van der Waals surface area contributed by atoms with Crippen LogP contribution in [0.2, 0.25) is 0 Å². The molecule has 0 spiro atoms. The minimum atomic E-state index is -0.319. The Bertz CT molecular complexity index is 551. The Morgan fingerprint density at radius 1 is 0.957 bits per heavy atom. The predicted octanol–water partition coefficient (Wildman–Crippen LogP) is 2.89. The maximum absolute atomic E-state index is 8.72. The fourth-order valence-corrected chi connectivity index (χ4v) is 2.37. The van der Waals surface area contributed by atoms with E-state index in [1.165, 1.54) is 0 Å². The molecule has 1 aliphatic heterocycles. The van der Waals surface area contributed by atoms with Gasteiger partial charge in [0.2, 0.25) is 0 Å². The summed E-state index contributed by atoms with van der Waals surface area (Å²) in [5.41, 5.74) is 1.40. The van der Waals surface area contributed by atoms with E-state index in [4.69, 9.17) is 14.4 Å². The smallest absolute Gasteiger partial charge is 0.399 e. The fourth-order valence-electron chi connectivity index (χ4n) is 2.37. The lowest BCUT2D eigenvalue weighted by Crippen LogP contribution is -2.41. The first-order valence-corrected chi connectivity index (χ1v) is 8.41. The van der Waals surface area contributed by atoms with Crippen molar-refractivity contribution < 1.29 is 14.4 Å². The first kappa shape index (κ1) is 18.1. The van der Waals surface area contributed by atoms with E-state index in [0.717, 1.165) is 36.7 Å². The lowest BCUT2D eigenvalue weighted by atomic mass is 9.79. The van der Waals surface area contributed by atoms with Crippen molar-refractivity contribution in [2.45, 2.75) is 64.6 Å². The van der Waals surface area contributed by atoms with Gasteiger partial charge < -0.3 is 14.4 Å². The number of aliphatic hydroxyl groups is 1. The molecule has 1 heterocycles. The van der Waals surface area contributed by atoms with Crippen molar-refractivity contribution in [2.24, 2.45) is 0 Å². The summed E-state index contributed by atoms with van der Waals surface area (Å²) in [4.78, 5) is 0. The molecule has 0 aliphatic carbocycles. The quantitative estimate of drug-likeness (QED) is 0.516. The number of benzene rings is 1. The molecular formula is C19H27BO3. The van der Waals surface area contributed by atoms with Gasteiger partial charge >= 0.3 is 7.12 Å². The molecule has 2 rings (SSSR count). The summed E-state index contributed by atoms with van der Waals surface area (Å²) in [6, 6.07) is 8.08. The molecule has 1 N–H and O–H groups in total. The highest BCUT2D eigenvalue weighted by atomic mass is 16.7. The number of hydrogen-bond acceptors (Lipinski definition) is 3. The summed E-state index contributed by atoms with van der Waals surface area (Å²) in [5.74, 6) is 6.36. The van der Waals surface area contributed by atoms with Crippen LogP contribution in [-0.2, 0) is 9.31 Å². The van der Waals surface area contributed by atoms with Crippen LogP contribution in [0, 0.1) is 11.8 Å². The van der Waals surface area contributed by atoms with Crippen molar-refractivity contribution in [3.05, 3.63) is 29.8 Å². The van der Waals surface area contributed by atoms with Gasteiger partial charge in [0.25, 0.3) is 0 Å². The first-order chi connectivity index (χ1) is 10.9. The van der Waals surface area contributed by atoms with E-state index in [-0.39, 0.29) is 24.9 Å². The zero-order valence-corrected chi connectivity index (χ0v) is 14.7. The molecule has 0 unspecified atom stereocenters. The summed E-state index contributed by atoms with van der Waals surface area (Å²) >= 11 is 0. The van der Waals surface area contributed by atoms with Gasteiger partial charge in [-0.3, -0.25) is 0 Å². The molecular weight excluding hydrogens is 287 g/mol. The Kier molecular flexibility index (Phi) is 5.92. The summed E-state index contributed by atoms with van der Waals surface area (Å²) in [5, 5.41) is 8.72. The lowest BCUT2D eigenvalue weighted by Gasteiger charge is -2.32. The molecule has 0 amide bonds. The van der Waals surface area contributed by atoms with E-state index in [1.54, 1.807) is 0 Å². The maximum Gasteiger partial charge on any atom is 0.494 e. The standard InChI is InChI=1S/C19H27BO3/c1-18(2)19(3,4)23-20(22-18)17-13-11-16(12-14-17)10-8-6-5-7-9-15-21/h11-14,21H,5-7,9,15H2,1-4H3. The molecule has 1 saturated heterocycles. The Morgan fingerprint density at radius 2 is 1.57 bits per heavy atom. The van der Waals surface area contributed by atoms with E-state index in [9.17, 15) is 0 Å². The zero-order valence-electron chi connectivity index (χ0n) is 14.7. The molecule has 1 aromatic carbocycles. The van der Waals surface area contributed by atoms with Gasteiger partial charge in [-0.25, -0.2) is 0 Å². The van der Waals surface area contributed by atoms with Crippen molar-refractivity contribution in [2.75, 3.05) is 6.61 Å². The summed E-state index contributed by atoms with van der Waals surface area (Å²) in [7, 11) is -0.319. The number of aliphatic hydroxyl groups excluding tert-OH is 1. The second kappa shape index (κ2) is 7.53. The van der Waals surface area contributed by atoms with Crippen LogP contribution in [0.15, 0.2) is 24.3 Å². The molecule has 1 aromatic rings. The monoisotopic (exact) mass is 314 g/mol. The van der Waals surface area contributed by atoms with E-state index < -0.39 is 0 Å². The third-order valence-corrected chi connectivity index (χ3v) is 4.63. The van der Waals surface area contributed by atoms with Crippen LogP contribution in [0.3, 0.4) is 0 Å². The summed E-state index contributed by atoms with van der Waals surface area (Å²) in [6.45, 7) is 8.51. The Morgan fingerprint density at radius 3 is 2.13 bits per heavy atom. The van der Waals surface area contributed by atoms with Crippen molar-refractivity contribution in [1.82, 2.24) is 0 Å². The van der Waals surface area contributed by atoms with Crippen molar-refractivity contribution in [3.8, 4) is 11.8 Å².